The standard InChI is InChI=1S/C12H17NO3S/c1-8(7-14-2)16-10-5-4-9(12(13)17)6-11(10)15-3/h4-6,8H,7H2,1-3H3,(H2,13,17). The van der Waals surface area contributed by atoms with Crippen molar-refractivity contribution < 1.29 is 14.2 Å². The van der Waals surface area contributed by atoms with Gasteiger partial charge in [0.25, 0.3) is 0 Å². The van der Waals surface area contributed by atoms with Crippen molar-refractivity contribution in [2.45, 2.75) is 13.0 Å². The molecule has 4 nitrogen and oxygen atoms in total. The number of ether oxygens (including phenoxy) is 3. The fourth-order valence-electron chi connectivity index (χ4n) is 1.40. The molecule has 0 aliphatic rings. The number of hydrogen-bond donors (Lipinski definition) is 1. The Labute approximate surface area is 107 Å². The van der Waals surface area contributed by atoms with Crippen LogP contribution in [0.3, 0.4) is 0 Å². The second kappa shape index (κ2) is 6.42. The summed E-state index contributed by atoms with van der Waals surface area (Å²) in [7, 11) is 3.21. The number of thiocarbonyl (C=S) groups is 1. The van der Waals surface area contributed by atoms with Gasteiger partial charge in [-0.15, -0.1) is 0 Å². The Morgan fingerprint density at radius 1 is 1.35 bits per heavy atom. The molecule has 5 heteroatoms. The Balaban J connectivity index is 2.88. The predicted octanol–water partition coefficient (Wildman–Crippen LogP) is 1.74. The first-order valence-electron chi connectivity index (χ1n) is 5.22. The maximum absolute atomic E-state index is 5.68. The molecule has 0 amide bonds. The van der Waals surface area contributed by atoms with E-state index < -0.39 is 0 Å². The van der Waals surface area contributed by atoms with Crippen LogP contribution in [-0.4, -0.2) is 31.9 Å². The summed E-state index contributed by atoms with van der Waals surface area (Å²) in [6.07, 6.45) is -0.0513. The zero-order chi connectivity index (χ0) is 12.8. The molecule has 0 saturated heterocycles. The second-order valence-corrected chi connectivity index (χ2v) is 4.05. The van der Waals surface area contributed by atoms with Crippen molar-refractivity contribution in [3.8, 4) is 11.5 Å². The Hall–Kier alpha value is -1.33. The molecular formula is C12H17NO3S. The first kappa shape index (κ1) is 13.7. The van der Waals surface area contributed by atoms with E-state index >= 15 is 0 Å². The summed E-state index contributed by atoms with van der Waals surface area (Å²) in [5, 5.41) is 0. The van der Waals surface area contributed by atoms with Gasteiger partial charge in [0.15, 0.2) is 11.5 Å². The van der Waals surface area contributed by atoms with E-state index in [1.54, 1.807) is 32.4 Å². The van der Waals surface area contributed by atoms with Gasteiger partial charge in [-0.05, 0) is 25.1 Å². The summed E-state index contributed by atoms with van der Waals surface area (Å²) in [6.45, 7) is 2.44. The molecule has 0 spiro atoms. The third kappa shape index (κ3) is 3.87. The Bertz CT molecular complexity index is 395. The van der Waals surface area contributed by atoms with Crippen LogP contribution in [0.2, 0.25) is 0 Å². The highest BCUT2D eigenvalue weighted by Gasteiger charge is 2.10. The Kier molecular flexibility index (Phi) is 5.18. The maximum Gasteiger partial charge on any atom is 0.161 e. The Morgan fingerprint density at radius 3 is 2.59 bits per heavy atom. The molecule has 0 aliphatic heterocycles. The van der Waals surface area contributed by atoms with Crippen LogP contribution in [0.5, 0.6) is 11.5 Å². The quantitative estimate of drug-likeness (QED) is 0.785. The molecule has 0 aliphatic carbocycles. The van der Waals surface area contributed by atoms with Crippen LogP contribution in [0.15, 0.2) is 18.2 Å². The molecule has 1 unspecified atom stereocenters. The smallest absolute Gasteiger partial charge is 0.161 e. The van der Waals surface area contributed by atoms with E-state index in [0.29, 0.717) is 23.1 Å². The van der Waals surface area contributed by atoms with Crippen LogP contribution >= 0.6 is 12.2 Å². The van der Waals surface area contributed by atoms with Crippen LogP contribution in [-0.2, 0) is 4.74 Å². The van der Waals surface area contributed by atoms with Crippen LogP contribution in [0, 0.1) is 0 Å². The molecule has 0 heterocycles. The van der Waals surface area contributed by atoms with Gasteiger partial charge in [0.1, 0.15) is 11.1 Å². The second-order valence-electron chi connectivity index (χ2n) is 3.61. The van der Waals surface area contributed by atoms with E-state index in [9.17, 15) is 0 Å². The number of nitrogens with two attached hydrogens (primary N) is 1. The van der Waals surface area contributed by atoms with Crippen LogP contribution < -0.4 is 15.2 Å². The summed E-state index contributed by atoms with van der Waals surface area (Å²) in [5.74, 6) is 1.26. The summed E-state index contributed by atoms with van der Waals surface area (Å²) < 4.78 is 15.9. The van der Waals surface area contributed by atoms with E-state index in [0.717, 1.165) is 5.56 Å². The number of hydrogen-bond acceptors (Lipinski definition) is 4. The maximum atomic E-state index is 5.68. The molecule has 0 saturated carbocycles. The lowest BCUT2D eigenvalue weighted by molar-refractivity contribution is 0.0900. The molecular weight excluding hydrogens is 238 g/mol. The highest BCUT2D eigenvalue weighted by Crippen LogP contribution is 2.28. The molecule has 94 valence electrons. The van der Waals surface area contributed by atoms with Crippen molar-refractivity contribution in [2.24, 2.45) is 5.73 Å². The summed E-state index contributed by atoms with van der Waals surface area (Å²) in [6, 6.07) is 5.36. The summed E-state index contributed by atoms with van der Waals surface area (Å²) >= 11 is 4.90. The van der Waals surface area contributed by atoms with Crippen LogP contribution in [0.1, 0.15) is 12.5 Å². The van der Waals surface area contributed by atoms with Crippen LogP contribution in [0.4, 0.5) is 0 Å². The third-order valence-corrected chi connectivity index (χ3v) is 2.41. The van der Waals surface area contributed by atoms with Gasteiger partial charge >= 0.3 is 0 Å². The lowest BCUT2D eigenvalue weighted by Gasteiger charge is -2.16. The van der Waals surface area contributed by atoms with Gasteiger partial charge < -0.3 is 19.9 Å². The molecule has 1 atom stereocenters. The molecule has 1 rings (SSSR count). The van der Waals surface area contributed by atoms with Gasteiger partial charge in [-0.25, -0.2) is 0 Å². The number of methoxy groups -OCH3 is 2. The first-order chi connectivity index (χ1) is 8.08. The normalized spacial score (nSPS) is 11.9. The minimum Gasteiger partial charge on any atom is -0.493 e. The van der Waals surface area contributed by atoms with Crippen molar-refractivity contribution in [2.75, 3.05) is 20.8 Å². The van der Waals surface area contributed by atoms with Gasteiger partial charge in [0.2, 0.25) is 0 Å². The van der Waals surface area contributed by atoms with Crippen LogP contribution in [0.25, 0.3) is 0 Å². The fraction of sp³-hybridized carbons (Fsp3) is 0.417. The average molecular weight is 255 g/mol. The van der Waals surface area contributed by atoms with E-state index in [2.05, 4.69) is 0 Å². The van der Waals surface area contributed by atoms with Crippen molar-refractivity contribution in [1.29, 1.82) is 0 Å². The van der Waals surface area contributed by atoms with Crippen molar-refractivity contribution in [1.82, 2.24) is 0 Å². The van der Waals surface area contributed by atoms with Gasteiger partial charge in [0, 0.05) is 12.7 Å². The zero-order valence-corrected chi connectivity index (χ0v) is 11.0. The zero-order valence-electron chi connectivity index (χ0n) is 10.2. The molecule has 0 bridgehead atoms. The van der Waals surface area contributed by atoms with Gasteiger partial charge in [-0.2, -0.15) is 0 Å². The highest BCUT2D eigenvalue weighted by molar-refractivity contribution is 7.80. The molecule has 0 aromatic heterocycles. The monoisotopic (exact) mass is 255 g/mol. The molecule has 0 fully saturated rings. The van der Waals surface area contributed by atoms with Crippen molar-refractivity contribution in [3.05, 3.63) is 23.8 Å². The summed E-state index contributed by atoms with van der Waals surface area (Å²) in [4.78, 5) is 0.333. The largest absolute Gasteiger partial charge is 0.493 e. The molecule has 0 radical (unpaired) electrons. The van der Waals surface area contributed by atoms with Gasteiger partial charge in [-0.3, -0.25) is 0 Å². The van der Waals surface area contributed by atoms with E-state index in [4.69, 9.17) is 32.2 Å². The predicted molar refractivity (Wildman–Crippen MR) is 70.8 cm³/mol. The van der Waals surface area contributed by atoms with Gasteiger partial charge in [-0.1, -0.05) is 12.2 Å². The first-order valence-corrected chi connectivity index (χ1v) is 5.62. The van der Waals surface area contributed by atoms with E-state index in [1.165, 1.54) is 0 Å². The Morgan fingerprint density at radius 2 is 2.06 bits per heavy atom. The van der Waals surface area contributed by atoms with Crippen molar-refractivity contribution in [3.63, 3.8) is 0 Å². The number of rotatable bonds is 6. The fourth-order valence-corrected chi connectivity index (χ4v) is 1.53. The molecule has 1 aromatic carbocycles. The molecule has 2 N–H and O–H groups in total. The molecule has 17 heavy (non-hydrogen) atoms. The lowest BCUT2D eigenvalue weighted by atomic mass is 10.2. The highest BCUT2D eigenvalue weighted by atomic mass is 32.1. The summed E-state index contributed by atoms with van der Waals surface area (Å²) in [5.41, 5.74) is 6.30. The van der Waals surface area contributed by atoms with Gasteiger partial charge in [0.05, 0.1) is 13.7 Å². The topological polar surface area (TPSA) is 53.7 Å². The minimum absolute atomic E-state index is 0.0513. The van der Waals surface area contributed by atoms with E-state index in [1.807, 2.05) is 6.92 Å². The molecule has 1 aromatic rings. The van der Waals surface area contributed by atoms with E-state index in [-0.39, 0.29) is 6.10 Å². The average Bonchev–Trinajstić information content (AvgIpc) is 2.29. The third-order valence-electron chi connectivity index (χ3n) is 2.18. The van der Waals surface area contributed by atoms with Crippen molar-refractivity contribution >= 4 is 17.2 Å². The number of benzene rings is 1. The lowest BCUT2D eigenvalue weighted by Crippen LogP contribution is -2.18. The minimum atomic E-state index is -0.0513. The SMILES string of the molecule is COCC(C)Oc1ccc(C(N)=S)cc1OC.